The van der Waals surface area contributed by atoms with Gasteiger partial charge in [0.15, 0.2) is 11.5 Å². The minimum atomic E-state index is -0.190. The summed E-state index contributed by atoms with van der Waals surface area (Å²) in [5, 5.41) is 2.80. The van der Waals surface area contributed by atoms with Gasteiger partial charge in [-0.1, -0.05) is 6.07 Å². The van der Waals surface area contributed by atoms with Crippen LogP contribution in [0.2, 0.25) is 0 Å². The molecule has 0 saturated carbocycles. The number of nitrogens with one attached hydrogen (secondary N) is 1. The number of amides is 1. The lowest BCUT2D eigenvalue weighted by Crippen LogP contribution is -2.38. The standard InChI is InChI=1S/C12H16N2O3.ClH/c1-8(7-13)14-12(15)9-3-2-4-10-11(9)17-6-5-16-10;/h2-4,8H,5-7,13H2,1H3,(H,14,15);1H/t8-;/m0./s1. The number of hydrogen-bond acceptors (Lipinski definition) is 4. The quantitative estimate of drug-likeness (QED) is 0.859. The Kier molecular flexibility index (Phi) is 5.25. The molecule has 1 aromatic rings. The van der Waals surface area contributed by atoms with E-state index in [0.717, 1.165) is 0 Å². The topological polar surface area (TPSA) is 73.6 Å². The molecule has 6 heteroatoms. The minimum Gasteiger partial charge on any atom is -0.486 e. The monoisotopic (exact) mass is 272 g/mol. The highest BCUT2D eigenvalue weighted by Crippen LogP contribution is 2.33. The van der Waals surface area contributed by atoms with Gasteiger partial charge in [-0.05, 0) is 19.1 Å². The second-order valence-corrected chi connectivity index (χ2v) is 3.94. The van der Waals surface area contributed by atoms with E-state index in [0.29, 0.717) is 36.8 Å². The van der Waals surface area contributed by atoms with Gasteiger partial charge in [0.2, 0.25) is 0 Å². The summed E-state index contributed by atoms with van der Waals surface area (Å²) in [6, 6.07) is 5.21. The minimum absolute atomic E-state index is 0. The maximum Gasteiger partial charge on any atom is 0.255 e. The maximum absolute atomic E-state index is 12.0. The van der Waals surface area contributed by atoms with Gasteiger partial charge in [0.1, 0.15) is 13.2 Å². The number of benzene rings is 1. The predicted octanol–water partition coefficient (Wildman–Crippen LogP) is 0.957. The summed E-state index contributed by atoms with van der Waals surface area (Å²) < 4.78 is 10.9. The van der Waals surface area contributed by atoms with E-state index >= 15 is 0 Å². The molecule has 1 aliphatic heterocycles. The zero-order valence-electron chi connectivity index (χ0n) is 10.1. The van der Waals surface area contributed by atoms with Crippen LogP contribution in [-0.4, -0.2) is 31.7 Å². The lowest BCUT2D eigenvalue weighted by atomic mass is 10.1. The fourth-order valence-corrected chi connectivity index (χ4v) is 1.61. The highest BCUT2D eigenvalue weighted by Gasteiger charge is 2.20. The number of carbonyl (C=O) groups is 1. The van der Waals surface area contributed by atoms with Crippen molar-refractivity contribution in [3.8, 4) is 11.5 Å². The van der Waals surface area contributed by atoms with E-state index in [9.17, 15) is 4.79 Å². The summed E-state index contributed by atoms with van der Waals surface area (Å²) in [6.07, 6.45) is 0. The molecule has 0 spiro atoms. The number of hydrogen-bond donors (Lipinski definition) is 2. The third-order valence-corrected chi connectivity index (χ3v) is 2.54. The van der Waals surface area contributed by atoms with E-state index in [2.05, 4.69) is 5.32 Å². The van der Waals surface area contributed by atoms with E-state index < -0.39 is 0 Å². The number of rotatable bonds is 3. The summed E-state index contributed by atoms with van der Waals surface area (Å²) >= 11 is 0. The van der Waals surface area contributed by atoms with Gasteiger partial charge in [-0.15, -0.1) is 12.4 Å². The van der Waals surface area contributed by atoms with Crippen molar-refractivity contribution in [2.24, 2.45) is 5.73 Å². The van der Waals surface area contributed by atoms with Crippen molar-refractivity contribution in [1.82, 2.24) is 5.32 Å². The van der Waals surface area contributed by atoms with Crippen LogP contribution in [0.3, 0.4) is 0 Å². The van der Waals surface area contributed by atoms with Crippen LogP contribution in [-0.2, 0) is 0 Å². The molecular weight excluding hydrogens is 256 g/mol. The lowest BCUT2D eigenvalue weighted by Gasteiger charge is -2.21. The van der Waals surface area contributed by atoms with E-state index in [-0.39, 0.29) is 24.4 Å². The van der Waals surface area contributed by atoms with E-state index in [1.165, 1.54) is 0 Å². The zero-order chi connectivity index (χ0) is 12.3. The molecule has 0 bridgehead atoms. The summed E-state index contributed by atoms with van der Waals surface area (Å²) in [6.45, 7) is 3.23. The van der Waals surface area contributed by atoms with Crippen molar-refractivity contribution in [2.75, 3.05) is 19.8 Å². The van der Waals surface area contributed by atoms with Crippen LogP contribution in [0.5, 0.6) is 11.5 Å². The van der Waals surface area contributed by atoms with Gasteiger partial charge in [-0.3, -0.25) is 4.79 Å². The second kappa shape index (κ2) is 6.47. The van der Waals surface area contributed by atoms with Gasteiger partial charge >= 0.3 is 0 Å². The first-order valence-electron chi connectivity index (χ1n) is 5.62. The lowest BCUT2D eigenvalue weighted by molar-refractivity contribution is 0.0930. The highest BCUT2D eigenvalue weighted by molar-refractivity contribution is 5.98. The van der Waals surface area contributed by atoms with Crippen LogP contribution in [0.15, 0.2) is 18.2 Å². The molecule has 0 aliphatic carbocycles. The number of para-hydroxylation sites is 1. The van der Waals surface area contributed by atoms with Crippen LogP contribution in [0.25, 0.3) is 0 Å². The van der Waals surface area contributed by atoms with Crippen molar-refractivity contribution in [1.29, 1.82) is 0 Å². The van der Waals surface area contributed by atoms with Crippen LogP contribution >= 0.6 is 12.4 Å². The Labute approximate surface area is 112 Å². The SMILES string of the molecule is C[C@@H](CN)NC(=O)c1cccc2c1OCCO2.Cl. The largest absolute Gasteiger partial charge is 0.486 e. The summed E-state index contributed by atoms with van der Waals surface area (Å²) in [5.74, 6) is 0.940. The zero-order valence-corrected chi connectivity index (χ0v) is 11.0. The first kappa shape index (κ1) is 14.6. The van der Waals surface area contributed by atoms with Gasteiger partial charge in [-0.2, -0.15) is 0 Å². The Balaban J connectivity index is 0.00000162. The summed E-state index contributed by atoms with van der Waals surface area (Å²) in [4.78, 5) is 12.0. The van der Waals surface area contributed by atoms with Crippen LogP contribution in [0.1, 0.15) is 17.3 Å². The first-order valence-corrected chi connectivity index (χ1v) is 5.62. The third kappa shape index (κ3) is 3.05. The van der Waals surface area contributed by atoms with Crippen LogP contribution in [0.4, 0.5) is 0 Å². The third-order valence-electron chi connectivity index (χ3n) is 2.54. The second-order valence-electron chi connectivity index (χ2n) is 3.94. The summed E-state index contributed by atoms with van der Waals surface area (Å²) in [5.41, 5.74) is 5.95. The van der Waals surface area contributed by atoms with Crippen molar-refractivity contribution in [2.45, 2.75) is 13.0 Å². The molecule has 100 valence electrons. The van der Waals surface area contributed by atoms with Crippen molar-refractivity contribution < 1.29 is 14.3 Å². The Hall–Kier alpha value is -1.46. The molecule has 1 heterocycles. The van der Waals surface area contributed by atoms with Gasteiger partial charge in [0, 0.05) is 12.6 Å². The molecule has 3 N–H and O–H groups in total. The molecule has 1 amide bonds. The molecule has 0 aromatic heterocycles. The predicted molar refractivity (Wildman–Crippen MR) is 70.7 cm³/mol. The van der Waals surface area contributed by atoms with Crippen molar-refractivity contribution >= 4 is 18.3 Å². The molecule has 0 saturated heterocycles. The molecule has 0 radical (unpaired) electrons. The van der Waals surface area contributed by atoms with Crippen LogP contribution < -0.4 is 20.5 Å². The van der Waals surface area contributed by atoms with Gasteiger partial charge < -0.3 is 20.5 Å². The fourth-order valence-electron chi connectivity index (χ4n) is 1.61. The smallest absolute Gasteiger partial charge is 0.255 e. The van der Waals surface area contributed by atoms with Crippen molar-refractivity contribution in [3.05, 3.63) is 23.8 Å². The Morgan fingerprint density at radius 1 is 1.44 bits per heavy atom. The number of nitrogens with two attached hydrogens (primary N) is 1. The van der Waals surface area contributed by atoms with E-state index in [1.807, 2.05) is 6.92 Å². The van der Waals surface area contributed by atoms with Gasteiger partial charge in [-0.25, -0.2) is 0 Å². The first-order chi connectivity index (χ1) is 8.22. The molecule has 1 aromatic carbocycles. The maximum atomic E-state index is 12.0. The van der Waals surface area contributed by atoms with Crippen LogP contribution in [0, 0.1) is 0 Å². The Morgan fingerprint density at radius 3 is 2.89 bits per heavy atom. The molecule has 5 nitrogen and oxygen atoms in total. The molecule has 1 aliphatic rings. The molecule has 1 atom stereocenters. The normalized spacial score (nSPS) is 14.3. The molecular formula is C12H17ClN2O3. The number of fused-ring (bicyclic) bond motifs is 1. The van der Waals surface area contributed by atoms with Gasteiger partial charge in [0.05, 0.1) is 5.56 Å². The number of halogens is 1. The Bertz CT molecular complexity index is 426. The molecule has 0 unspecified atom stereocenters. The average Bonchev–Trinajstić information content (AvgIpc) is 2.37. The van der Waals surface area contributed by atoms with Crippen molar-refractivity contribution in [3.63, 3.8) is 0 Å². The molecule has 18 heavy (non-hydrogen) atoms. The van der Waals surface area contributed by atoms with Gasteiger partial charge in [0.25, 0.3) is 5.91 Å². The fraction of sp³-hybridized carbons (Fsp3) is 0.417. The highest BCUT2D eigenvalue weighted by atomic mass is 35.5. The van der Waals surface area contributed by atoms with E-state index in [4.69, 9.17) is 15.2 Å². The molecule has 2 rings (SSSR count). The summed E-state index contributed by atoms with van der Waals surface area (Å²) in [7, 11) is 0. The van der Waals surface area contributed by atoms with E-state index in [1.54, 1.807) is 18.2 Å². The average molecular weight is 273 g/mol. The molecule has 0 fully saturated rings. The number of ether oxygens (including phenoxy) is 2. The number of carbonyl (C=O) groups excluding carboxylic acids is 1. The Morgan fingerprint density at radius 2 is 2.17 bits per heavy atom.